The Labute approximate surface area is 188 Å². The van der Waals surface area contributed by atoms with Crippen molar-refractivity contribution >= 4 is 17.5 Å². The second kappa shape index (κ2) is 10.1. The number of nitrogens with zero attached hydrogens (tertiary/aromatic N) is 2. The van der Waals surface area contributed by atoms with E-state index in [9.17, 15) is 9.59 Å². The molecule has 32 heavy (non-hydrogen) atoms. The van der Waals surface area contributed by atoms with Gasteiger partial charge in [-0.05, 0) is 53.8 Å². The van der Waals surface area contributed by atoms with Gasteiger partial charge in [-0.3, -0.25) is 14.3 Å². The summed E-state index contributed by atoms with van der Waals surface area (Å²) in [7, 11) is 0. The van der Waals surface area contributed by atoms with E-state index in [2.05, 4.69) is 36.5 Å². The first kappa shape index (κ1) is 23.1. The van der Waals surface area contributed by atoms with Crippen LogP contribution in [0, 0.1) is 0 Å². The van der Waals surface area contributed by atoms with Crippen molar-refractivity contribution in [1.82, 2.24) is 15.1 Å². The van der Waals surface area contributed by atoms with Gasteiger partial charge in [-0.2, -0.15) is 5.10 Å². The van der Waals surface area contributed by atoms with Gasteiger partial charge in [-0.25, -0.2) is 0 Å². The Kier molecular flexibility index (Phi) is 7.30. The summed E-state index contributed by atoms with van der Waals surface area (Å²) in [6, 6.07) is 16.9. The van der Waals surface area contributed by atoms with Gasteiger partial charge in [0.15, 0.2) is 6.10 Å². The second-order valence-corrected chi connectivity index (χ2v) is 8.70. The SMILES string of the molecule is CC(Oc1ccc(C(C)(C)C)cc1)C(=O)NCc1cccc(NC(=O)Cn2cccn2)c1. The topological polar surface area (TPSA) is 85.3 Å². The maximum Gasteiger partial charge on any atom is 0.261 e. The van der Waals surface area contributed by atoms with Crippen LogP contribution in [-0.4, -0.2) is 27.7 Å². The van der Waals surface area contributed by atoms with Crippen LogP contribution < -0.4 is 15.4 Å². The minimum Gasteiger partial charge on any atom is -0.481 e. The summed E-state index contributed by atoms with van der Waals surface area (Å²) in [5.41, 5.74) is 2.81. The molecular weight excluding hydrogens is 404 g/mol. The third-order valence-corrected chi connectivity index (χ3v) is 4.94. The first-order valence-corrected chi connectivity index (χ1v) is 10.6. The Hall–Kier alpha value is -3.61. The number of anilines is 1. The van der Waals surface area contributed by atoms with Crippen molar-refractivity contribution in [3.63, 3.8) is 0 Å². The molecule has 0 saturated carbocycles. The van der Waals surface area contributed by atoms with Gasteiger partial charge >= 0.3 is 0 Å². The highest BCUT2D eigenvalue weighted by atomic mass is 16.5. The van der Waals surface area contributed by atoms with E-state index >= 15 is 0 Å². The number of hydrogen-bond donors (Lipinski definition) is 2. The molecule has 1 heterocycles. The molecule has 0 aliphatic heterocycles. The van der Waals surface area contributed by atoms with E-state index in [-0.39, 0.29) is 23.8 Å². The molecule has 0 bridgehead atoms. The van der Waals surface area contributed by atoms with Crippen molar-refractivity contribution < 1.29 is 14.3 Å². The van der Waals surface area contributed by atoms with E-state index in [1.165, 1.54) is 5.56 Å². The number of benzene rings is 2. The van der Waals surface area contributed by atoms with Crippen LogP contribution in [0.1, 0.15) is 38.8 Å². The summed E-state index contributed by atoms with van der Waals surface area (Å²) in [6.07, 6.45) is 2.73. The molecule has 0 radical (unpaired) electrons. The van der Waals surface area contributed by atoms with Crippen LogP contribution in [0.5, 0.6) is 5.75 Å². The monoisotopic (exact) mass is 434 g/mol. The van der Waals surface area contributed by atoms with Crippen molar-refractivity contribution in [3.05, 3.63) is 78.1 Å². The van der Waals surface area contributed by atoms with Gasteiger partial charge in [0.05, 0.1) is 0 Å². The number of rotatable bonds is 8. The van der Waals surface area contributed by atoms with Crippen LogP contribution in [-0.2, 0) is 28.1 Å². The largest absolute Gasteiger partial charge is 0.481 e. The van der Waals surface area contributed by atoms with E-state index in [1.807, 2.05) is 42.5 Å². The van der Waals surface area contributed by atoms with Gasteiger partial charge < -0.3 is 15.4 Å². The predicted molar refractivity (Wildman–Crippen MR) is 124 cm³/mol. The summed E-state index contributed by atoms with van der Waals surface area (Å²) in [5, 5.41) is 9.74. The van der Waals surface area contributed by atoms with Crippen LogP contribution in [0.3, 0.4) is 0 Å². The predicted octanol–water partition coefficient (Wildman–Crippen LogP) is 3.90. The summed E-state index contributed by atoms with van der Waals surface area (Å²) in [5.74, 6) is 0.273. The van der Waals surface area contributed by atoms with Gasteiger partial charge in [0.25, 0.3) is 5.91 Å². The third-order valence-electron chi connectivity index (χ3n) is 4.94. The molecule has 168 valence electrons. The van der Waals surface area contributed by atoms with Gasteiger partial charge in [0, 0.05) is 24.6 Å². The number of carbonyl (C=O) groups is 2. The summed E-state index contributed by atoms with van der Waals surface area (Å²) < 4.78 is 7.33. The maximum atomic E-state index is 12.5. The Morgan fingerprint density at radius 2 is 1.84 bits per heavy atom. The smallest absolute Gasteiger partial charge is 0.261 e. The number of amides is 2. The van der Waals surface area contributed by atoms with Gasteiger partial charge in [-0.15, -0.1) is 0 Å². The minimum absolute atomic E-state index is 0.0642. The number of aromatic nitrogens is 2. The Morgan fingerprint density at radius 3 is 2.50 bits per heavy atom. The van der Waals surface area contributed by atoms with Crippen molar-refractivity contribution in [2.45, 2.75) is 52.3 Å². The summed E-state index contributed by atoms with van der Waals surface area (Å²) in [6.45, 7) is 8.65. The fourth-order valence-electron chi connectivity index (χ4n) is 3.12. The molecule has 1 aromatic heterocycles. The molecule has 0 aliphatic carbocycles. The quantitative estimate of drug-likeness (QED) is 0.563. The van der Waals surface area contributed by atoms with Crippen LogP contribution in [0.15, 0.2) is 67.0 Å². The van der Waals surface area contributed by atoms with E-state index in [1.54, 1.807) is 36.1 Å². The van der Waals surface area contributed by atoms with E-state index in [4.69, 9.17) is 4.74 Å². The number of hydrogen-bond acceptors (Lipinski definition) is 4. The fraction of sp³-hybridized carbons (Fsp3) is 0.320. The first-order valence-electron chi connectivity index (χ1n) is 10.6. The van der Waals surface area contributed by atoms with Gasteiger partial charge in [-0.1, -0.05) is 45.0 Å². The molecule has 1 unspecified atom stereocenters. The molecule has 2 N–H and O–H groups in total. The highest BCUT2D eigenvalue weighted by Gasteiger charge is 2.16. The minimum atomic E-state index is -0.632. The molecule has 0 saturated heterocycles. The zero-order chi connectivity index (χ0) is 23.1. The molecule has 3 rings (SSSR count). The first-order chi connectivity index (χ1) is 15.2. The number of carbonyl (C=O) groups excluding carboxylic acids is 2. The molecular formula is C25H30N4O3. The van der Waals surface area contributed by atoms with Crippen molar-refractivity contribution in [2.24, 2.45) is 0 Å². The lowest BCUT2D eigenvalue weighted by atomic mass is 9.87. The number of ether oxygens (including phenoxy) is 1. The average Bonchev–Trinajstić information content (AvgIpc) is 3.24. The highest BCUT2D eigenvalue weighted by Crippen LogP contribution is 2.24. The van der Waals surface area contributed by atoms with Crippen LogP contribution in [0.4, 0.5) is 5.69 Å². The molecule has 0 spiro atoms. The normalized spacial score (nSPS) is 12.1. The molecule has 0 aliphatic rings. The van der Waals surface area contributed by atoms with Crippen LogP contribution in [0.2, 0.25) is 0 Å². The summed E-state index contributed by atoms with van der Waals surface area (Å²) in [4.78, 5) is 24.6. The van der Waals surface area contributed by atoms with Gasteiger partial charge in [0.2, 0.25) is 5.91 Å². The van der Waals surface area contributed by atoms with E-state index < -0.39 is 6.10 Å². The lowest BCUT2D eigenvalue weighted by molar-refractivity contribution is -0.127. The Bertz CT molecular complexity index is 1040. The zero-order valence-corrected chi connectivity index (χ0v) is 19.0. The Morgan fingerprint density at radius 1 is 1.09 bits per heavy atom. The molecule has 7 nitrogen and oxygen atoms in total. The van der Waals surface area contributed by atoms with Crippen LogP contribution in [0.25, 0.3) is 0 Å². The molecule has 2 aromatic carbocycles. The molecule has 0 fully saturated rings. The average molecular weight is 435 g/mol. The van der Waals surface area contributed by atoms with E-state index in [0.717, 1.165) is 5.56 Å². The second-order valence-electron chi connectivity index (χ2n) is 8.70. The molecule has 2 amide bonds. The van der Waals surface area contributed by atoms with E-state index in [0.29, 0.717) is 18.0 Å². The number of nitrogens with one attached hydrogen (secondary N) is 2. The third kappa shape index (κ3) is 6.70. The molecule has 3 aromatic rings. The molecule has 7 heteroatoms. The Balaban J connectivity index is 1.49. The lowest BCUT2D eigenvalue weighted by Gasteiger charge is -2.20. The van der Waals surface area contributed by atoms with Crippen LogP contribution >= 0.6 is 0 Å². The van der Waals surface area contributed by atoms with Crippen molar-refractivity contribution in [1.29, 1.82) is 0 Å². The fourth-order valence-corrected chi connectivity index (χ4v) is 3.12. The van der Waals surface area contributed by atoms with Gasteiger partial charge in [0.1, 0.15) is 12.3 Å². The highest BCUT2D eigenvalue weighted by molar-refractivity contribution is 5.90. The lowest BCUT2D eigenvalue weighted by Crippen LogP contribution is -2.35. The summed E-state index contributed by atoms with van der Waals surface area (Å²) >= 11 is 0. The van der Waals surface area contributed by atoms with Crippen molar-refractivity contribution in [2.75, 3.05) is 5.32 Å². The zero-order valence-electron chi connectivity index (χ0n) is 19.0. The standard InChI is InChI=1S/C25H30N4O3/c1-18(32-22-11-9-20(10-12-22)25(2,3)4)24(31)26-16-19-7-5-8-21(15-19)28-23(30)17-29-14-6-13-27-29/h5-15,18H,16-17H2,1-4H3,(H,26,31)(H,28,30). The van der Waals surface area contributed by atoms with Crippen molar-refractivity contribution in [3.8, 4) is 5.75 Å². The maximum absolute atomic E-state index is 12.5. The molecule has 1 atom stereocenters.